The van der Waals surface area contributed by atoms with Crippen molar-refractivity contribution in [1.82, 2.24) is 4.90 Å². The van der Waals surface area contributed by atoms with Gasteiger partial charge in [-0.05, 0) is 50.5 Å². The van der Waals surface area contributed by atoms with Gasteiger partial charge in [0.25, 0.3) is 0 Å². The minimum absolute atomic E-state index is 0.126. The van der Waals surface area contributed by atoms with E-state index in [1.54, 1.807) is 0 Å². The largest absolute Gasteiger partial charge is 0.381 e. The van der Waals surface area contributed by atoms with Crippen LogP contribution in [0.15, 0.2) is 18.2 Å². The average molecular weight is 273 g/mol. The number of rotatable bonds is 3. The SMILES string of the molecule is CC(C)N1CCC(Nc2ccc3c(c2)CCC(=O)N3)C1. The van der Waals surface area contributed by atoms with Gasteiger partial charge in [0.05, 0.1) is 0 Å². The van der Waals surface area contributed by atoms with E-state index in [4.69, 9.17) is 0 Å². The first-order valence-corrected chi connectivity index (χ1v) is 7.55. The van der Waals surface area contributed by atoms with E-state index < -0.39 is 0 Å². The molecule has 1 saturated heterocycles. The van der Waals surface area contributed by atoms with Crippen LogP contribution < -0.4 is 10.6 Å². The Labute approximate surface area is 120 Å². The van der Waals surface area contributed by atoms with Crippen molar-refractivity contribution in [3.63, 3.8) is 0 Å². The summed E-state index contributed by atoms with van der Waals surface area (Å²) in [6.07, 6.45) is 2.65. The van der Waals surface area contributed by atoms with Crippen molar-refractivity contribution in [3.05, 3.63) is 23.8 Å². The van der Waals surface area contributed by atoms with Gasteiger partial charge in [-0.15, -0.1) is 0 Å². The lowest BCUT2D eigenvalue weighted by atomic mass is 10.0. The van der Waals surface area contributed by atoms with E-state index in [1.807, 2.05) is 6.07 Å². The van der Waals surface area contributed by atoms with Crippen LogP contribution in [0.2, 0.25) is 0 Å². The Balaban J connectivity index is 1.66. The topological polar surface area (TPSA) is 44.4 Å². The third kappa shape index (κ3) is 2.80. The second kappa shape index (κ2) is 5.44. The zero-order valence-corrected chi connectivity index (χ0v) is 12.3. The van der Waals surface area contributed by atoms with Crippen molar-refractivity contribution >= 4 is 17.3 Å². The molecule has 4 heteroatoms. The van der Waals surface area contributed by atoms with Gasteiger partial charge in [-0.25, -0.2) is 0 Å². The van der Waals surface area contributed by atoms with Gasteiger partial charge in [0.2, 0.25) is 5.91 Å². The second-order valence-corrected chi connectivity index (χ2v) is 6.14. The maximum absolute atomic E-state index is 11.4. The van der Waals surface area contributed by atoms with Crippen molar-refractivity contribution in [2.24, 2.45) is 0 Å². The number of nitrogens with zero attached hydrogens (tertiary/aromatic N) is 1. The molecule has 108 valence electrons. The van der Waals surface area contributed by atoms with E-state index in [0.717, 1.165) is 18.7 Å². The predicted octanol–water partition coefficient (Wildman–Crippen LogP) is 2.47. The summed E-state index contributed by atoms with van der Waals surface area (Å²) in [5.41, 5.74) is 3.39. The molecular formula is C16H23N3O. The number of aryl methyl sites for hydroxylation is 1. The highest BCUT2D eigenvalue weighted by Gasteiger charge is 2.24. The first kappa shape index (κ1) is 13.4. The van der Waals surface area contributed by atoms with Crippen molar-refractivity contribution in [2.75, 3.05) is 23.7 Å². The molecule has 1 atom stereocenters. The van der Waals surface area contributed by atoms with Gasteiger partial charge in [0.15, 0.2) is 0 Å². The third-order valence-corrected chi connectivity index (χ3v) is 4.32. The molecule has 2 heterocycles. The van der Waals surface area contributed by atoms with Crippen LogP contribution in [-0.2, 0) is 11.2 Å². The molecule has 0 aliphatic carbocycles. The van der Waals surface area contributed by atoms with Crippen LogP contribution in [0.25, 0.3) is 0 Å². The number of carbonyl (C=O) groups is 1. The molecular weight excluding hydrogens is 250 g/mol. The van der Waals surface area contributed by atoms with E-state index in [1.165, 1.54) is 24.2 Å². The standard InChI is InChI=1S/C16H23N3O/c1-11(2)19-8-7-14(10-19)17-13-4-5-15-12(9-13)3-6-16(20)18-15/h4-5,9,11,14,17H,3,6-8,10H2,1-2H3,(H,18,20). The van der Waals surface area contributed by atoms with Gasteiger partial charge in [-0.2, -0.15) is 0 Å². The summed E-state index contributed by atoms with van der Waals surface area (Å²) >= 11 is 0. The molecule has 3 rings (SSSR count). The molecule has 0 saturated carbocycles. The van der Waals surface area contributed by atoms with Crippen LogP contribution in [0, 0.1) is 0 Å². The lowest BCUT2D eigenvalue weighted by Crippen LogP contribution is -2.31. The molecule has 2 aliphatic rings. The van der Waals surface area contributed by atoms with E-state index in [9.17, 15) is 4.79 Å². The Morgan fingerprint density at radius 2 is 2.20 bits per heavy atom. The van der Waals surface area contributed by atoms with Crippen LogP contribution >= 0.6 is 0 Å². The first-order valence-electron chi connectivity index (χ1n) is 7.55. The summed E-state index contributed by atoms with van der Waals surface area (Å²) in [4.78, 5) is 13.9. The van der Waals surface area contributed by atoms with E-state index in [2.05, 4.69) is 41.5 Å². The predicted molar refractivity (Wildman–Crippen MR) is 82.1 cm³/mol. The summed E-state index contributed by atoms with van der Waals surface area (Å²) in [5, 5.41) is 6.56. The quantitative estimate of drug-likeness (QED) is 0.889. The maximum Gasteiger partial charge on any atom is 0.224 e. The molecule has 0 spiro atoms. The summed E-state index contributed by atoms with van der Waals surface area (Å²) in [5.74, 6) is 0.126. The normalized spacial score (nSPS) is 22.8. The lowest BCUT2D eigenvalue weighted by Gasteiger charge is -2.22. The van der Waals surface area contributed by atoms with Crippen LogP contribution in [0.4, 0.5) is 11.4 Å². The van der Waals surface area contributed by atoms with Crippen LogP contribution in [-0.4, -0.2) is 36.0 Å². The molecule has 2 aliphatic heterocycles. The molecule has 1 aromatic carbocycles. The summed E-state index contributed by atoms with van der Waals surface area (Å²) in [7, 11) is 0. The molecule has 4 nitrogen and oxygen atoms in total. The first-order chi connectivity index (χ1) is 9.61. The van der Waals surface area contributed by atoms with Gasteiger partial charge in [-0.1, -0.05) is 0 Å². The molecule has 1 amide bonds. The fourth-order valence-corrected chi connectivity index (χ4v) is 3.08. The smallest absolute Gasteiger partial charge is 0.224 e. The molecule has 1 aromatic rings. The third-order valence-electron chi connectivity index (χ3n) is 4.32. The Hall–Kier alpha value is -1.55. The molecule has 1 unspecified atom stereocenters. The Morgan fingerprint density at radius 3 is 2.95 bits per heavy atom. The summed E-state index contributed by atoms with van der Waals surface area (Å²) in [6.45, 7) is 6.80. The highest BCUT2D eigenvalue weighted by atomic mass is 16.1. The van der Waals surface area contributed by atoms with Crippen LogP contribution in [0.3, 0.4) is 0 Å². The van der Waals surface area contributed by atoms with Crippen molar-refractivity contribution in [3.8, 4) is 0 Å². The zero-order valence-electron chi connectivity index (χ0n) is 12.3. The average Bonchev–Trinajstić information content (AvgIpc) is 2.88. The van der Waals surface area contributed by atoms with Crippen molar-refractivity contribution in [1.29, 1.82) is 0 Å². The summed E-state index contributed by atoms with van der Waals surface area (Å²) in [6, 6.07) is 7.44. The molecule has 0 radical (unpaired) electrons. The van der Waals surface area contributed by atoms with Crippen LogP contribution in [0.1, 0.15) is 32.3 Å². The number of benzene rings is 1. The number of nitrogens with one attached hydrogen (secondary N) is 2. The Bertz CT molecular complexity index is 512. The Morgan fingerprint density at radius 1 is 1.35 bits per heavy atom. The molecule has 0 bridgehead atoms. The minimum Gasteiger partial charge on any atom is -0.381 e. The highest BCUT2D eigenvalue weighted by molar-refractivity contribution is 5.94. The zero-order chi connectivity index (χ0) is 14.1. The molecule has 1 fully saturated rings. The van der Waals surface area contributed by atoms with Crippen molar-refractivity contribution < 1.29 is 4.79 Å². The fraction of sp³-hybridized carbons (Fsp3) is 0.562. The van der Waals surface area contributed by atoms with Crippen molar-refractivity contribution in [2.45, 2.75) is 45.2 Å². The van der Waals surface area contributed by atoms with E-state index in [-0.39, 0.29) is 5.91 Å². The lowest BCUT2D eigenvalue weighted by molar-refractivity contribution is -0.116. The maximum atomic E-state index is 11.4. The fourth-order valence-electron chi connectivity index (χ4n) is 3.08. The minimum atomic E-state index is 0.126. The van der Waals surface area contributed by atoms with E-state index in [0.29, 0.717) is 18.5 Å². The van der Waals surface area contributed by atoms with Gasteiger partial charge < -0.3 is 10.6 Å². The number of hydrogen-bond donors (Lipinski definition) is 2. The number of hydrogen-bond acceptors (Lipinski definition) is 3. The highest BCUT2D eigenvalue weighted by Crippen LogP contribution is 2.27. The molecule has 20 heavy (non-hydrogen) atoms. The summed E-state index contributed by atoms with van der Waals surface area (Å²) < 4.78 is 0. The number of likely N-dealkylation sites (tertiary alicyclic amines) is 1. The van der Waals surface area contributed by atoms with Gasteiger partial charge in [0.1, 0.15) is 0 Å². The van der Waals surface area contributed by atoms with Crippen LogP contribution in [0.5, 0.6) is 0 Å². The number of amides is 1. The molecule has 2 N–H and O–H groups in total. The van der Waals surface area contributed by atoms with Gasteiger partial charge in [-0.3, -0.25) is 9.69 Å². The number of anilines is 2. The van der Waals surface area contributed by atoms with Gasteiger partial charge >= 0.3 is 0 Å². The Kier molecular flexibility index (Phi) is 3.66. The van der Waals surface area contributed by atoms with E-state index >= 15 is 0 Å². The monoisotopic (exact) mass is 273 g/mol. The number of fused-ring (bicyclic) bond motifs is 1. The van der Waals surface area contributed by atoms with Gasteiger partial charge in [0, 0.05) is 43.0 Å². The number of carbonyl (C=O) groups excluding carboxylic acids is 1. The second-order valence-electron chi connectivity index (χ2n) is 6.14. The molecule has 0 aromatic heterocycles.